The Kier molecular flexibility index (Phi) is 4.98. The van der Waals surface area contributed by atoms with Crippen LogP contribution >= 0.6 is 11.6 Å². The summed E-state index contributed by atoms with van der Waals surface area (Å²) in [6.45, 7) is 12.1. The van der Waals surface area contributed by atoms with Gasteiger partial charge >= 0.3 is 0 Å². The molecule has 1 rings (SSSR count). The first kappa shape index (κ1) is 13.5. The first-order valence-electron chi connectivity index (χ1n) is 5.38. The maximum absolute atomic E-state index is 12.2. The van der Waals surface area contributed by atoms with Crippen molar-refractivity contribution in [2.45, 2.75) is 6.42 Å². The predicted octanol–water partition coefficient (Wildman–Crippen LogP) is 3.20. The van der Waals surface area contributed by atoms with E-state index in [1.165, 1.54) is 6.08 Å². The fourth-order valence-corrected chi connectivity index (χ4v) is 1.80. The van der Waals surface area contributed by atoms with Gasteiger partial charge in [-0.05, 0) is 18.1 Å². The molecule has 0 fully saturated rings. The van der Waals surface area contributed by atoms with Crippen LogP contribution in [0.4, 0.5) is 0 Å². The van der Waals surface area contributed by atoms with Crippen molar-refractivity contribution in [1.29, 1.82) is 0 Å². The van der Waals surface area contributed by atoms with Gasteiger partial charge in [0.25, 0.3) is 5.91 Å². The molecule has 0 atom stereocenters. The summed E-state index contributed by atoms with van der Waals surface area (Å²) in [6, 6.07) is 0. The molecule has 0 bridgehead atoms. The second-order valence-corrected chi connectivity index (χ2v) is 4.18. The van der Waals surface area contributed by atoms with Crippen molar-refractivity contribution in [2.24, 2.45) is 0 Å². The molecule has 0 saturated carbocycles. The van der Waals surface area contributed by atoms with Gasteiger partial charge in [0.15, 0.2) is 0 Å². The van der Waals surface area contributed by atoms with Crippen molar-refractivity contribution in [2.75, 3.05) is 13.1 Å². The molecule has 0 aromatic heterocycles. The van der Waals surface area contributed by atoms with Gasteiger partial charge in [-0.25, -0.2) is 0 Å². The molecule has 0 aliphatic carbocycles. The highest BCUT2D eigenvalue weighted by atomic mass is 35.5. The zero-order valence-corrected chi connectivity index (χ0v) is 10.5. The average Bonchev–Trinajstić information content (AvgIpc) is 2.34. The van der Waals surface area contributed by atoms with Crippen molar-refractivity contribution in [3.05, 3.63) is 60.2 Å². The maximum atomic E-state index is 12.2. The average molecular weight is 250 g/mol. The van der Waals surface area contributed by atoms with Gasteiger partial charge in [0.05, 0.1) is 5.57 Å². The van der Waals surface area contributed by atoms with Gasteiger partial charge in [0, 0.05) is 18.1 Å². The molecule has 0 unspecified atom stereocenters. The summed E-state index contributed by atoms with van der Waals surface area (Å²) in [5, 5.41) is 0.240. The van der Waals surface area contributed by atoms with Crippen LogP contribution in [0.1, 0.15) is 6.42 Å². The topological polar surface area (TPSA) is 20.3 Å². The molecule has 1 amide bonds. The minimum absolute atomic E-state index is 0.114. The van der Waals surface area contributed by atoms with Gasteiger partial charge in [-0.1, -0.05) is 49.6 Å². The Morgan fingerprint density at radius 2 is 2.18 bits per heavy atom. The van der Waals surface area contributed by atoms with Crippen molar-refractivity contribution in [3.8, 4) is 0 Å². The van der Waals surface area contributed by atoms with E-state index in [0.717, 1.165) is 12.0 Å². The quantitative estimate of drug-likeness (QED) is 0.554. The summed E-state index contributed by atoms with van der Waals surface area (Å²) in [6.07, 6.45) is 7.82. The van der Waals surface area contributed by atoms with E-state index < -0.39 is 0 Å². The normalized spacial score (nSPS) is 16.2. The van der Waals surface area contributed by atoms with Gasteiger partial charge < -0.3 is 4.90 Å². The summed E-state index contributed by atoms with van der Waals surface area (Å²) < 4.78 is 0. The first-order chi connectivity index (χ1) is 8.10. The number of allylic oxidation sites excluding steroid dienone is 2. The third-order valence-electron chi connectivity index (χ3n) is 2.54. The fraction of sp³-hybridized carbons (Fsp3) is 0.214. The number of hydrogen-bond acceptors (Lipinski definition) is 1. The van der Waals surface area contributed by atoms with Gasteiger partial charge in [0.1, 0.15) is 0 Å². The fourth-order valence-electron chi connectivity index (χ4n) is 1.66. The molecular weight excluding hydrogens is 234 g/mol. The van der Waals surface area contributed by atoms with Gasteiger partial charge in [-0.2, -0.15) is 0 Å². The largest absolute Gasteiger partial charge is 0.334 e. The smallest absolute Gasteiger partial charge is 0.255 e. The lowest BCUT2D eigenvalue weighted by atomic mass is 10.1. The van der Waals surface area contributed by atoms with E-state index in [0.29, 0.717) is 18.7 Å². The molecule has 0 N–H and O–H groups in total. The predicted molar refractivity (Wildman–Crippen MR) is 72.8 cm³/mol. The second kappa shape index (κ2) is 6.26. The summed E-state index contributed by atoms with van der Waals surface area (Å²) in [5.74, 6) is -0.114. The van der Waals surface area contributed by atoms with Crippen LogP contribution < -0.4 is 0 Å². The van der Waals surface area contributed by atoms with Gasteiger partial charge in [0.2, 0.25) is 0 Å². The van der Waals surface area contributed by atoms with Crippen molar-refractivity contribution in [3.63, 3.8) is 0 Å². The van der Waals surface area contributed by atoms with E-state index >= 15 is 0 Å². The molecular formula is C14H16ClNO. The minimum atomic E-state index is -0.114. The molecule has 2 nitrogen and oxygen atoms in total. The van der Waals surface area contributed by atoms with Crippen LogP contribution in [0, 0.1) is 0 Å². The van der Waals surface area contributed by atoms with Crippen LogP contribution in [0.5, 0.6) is 0 Å². The third kappa shape index (κ3) is 3.46. The zero-order chi connectivity index (χ0) is 12.8. The molecule has 90 valence electrons. The minimum Gasteiger partial charge on any atom is -0.334 e. The Morgan fingerprint density at radius 1 is 1.47 bits per heavy atom. The lowest BCUT2D eigenvalue weighted by molar-refractivity contribution is -0.126. The Bertz CT molecular complexity index is 418. The molecule has 1 aliphatic rings. The number of hydrogen-bond donors (Lipinski definition) is 0. The van der Waals surface area contributed by atoms with Crippen molar-refractivity contribution in [1.82, 2.24) is 4.90 Å². The van der Waals surface area contributed by atoms with Crippen LogP contribution in [0.3, 0.4) is 0 Å². The molecule has 0 saturated heterocycles. The Morgan fingerprint density at radius 3 is 2.71 bits per heavy atom. The Hall–Kier alpha value is -1.54. The standard InChI is InChI=1S/C14H16ClNO/c1-4-7-13(11(3)15)14(17)16-9-6-8-12(5-2)10-16/h4-5,7-8H,1-3,6,9-10H2/b13-7+. The van der Waals surface area contributed by atoms with E-state index in [2.05, 4.69) is 25.8 Å². The molecule has 0 radical (unpaired) electrons. The highest BCUT2D eigenvalue weighted by Crippen LogP contribution is 2.19. The highest BCUT2D eigenvalue weighted by Gasteiger charge is 2.21. The van der Waals surface area contributed by atoms with E-state index in [1.807, 2.05) is 0 Å². The molecule has 17 heavy (non-hydrogen) atoms. The van der Waals surface area contributed by atoms with Crippen LogP contribution in [0.25, 0.3) is 0 Å². The third-order valence-corrected chi connectivity index (χ3v) is 2.74. The summed E-state index contributed by atoms with van der Waals surface area (Å²) in [5.41, 5.74) is 1.45. The van der Waals surface area contributed by atoms with Crippen LogP contribution in [-0.4, -0.2) is 23.9 Å². The zero-order valence-electron chi connectivity index (χ0n) is 9.79. The van der Waals surface area contributed by atoms with Crippen molar-refractivity contribution >= 4 is 17.5 Å². The summed E-state index contributed by atoms with van der Waals surface area (Å²) in [7, 11) is 0. The Balaban J connectivity index is 2.86. The number of halogens is 1. The van der Waals surface area contributed by atoms with E-state index in [4.69, 9.17) is 11.6 Å². The van der Waals surface area contributed by atoms with E-state index in [9.17, 15) is 4.79 Å². The number of carbonyl (C=O) groups excluding carboxylic acids is 1. The highest BCUT2D eigenvalue weighted by molar-refractivity contribution is 6.35. The maximum Gasteiger partial charge on any atom is 0.255 e. The monoisotopic (exact) mass is 249 g/mol. The molecule has 1 heterocycles. The van der Waals surface area contributed by atoms with Crippen molar-refractivity contribution < 1.29 is 4.79 Å². The number of amides is 1. The van der Waals surface area contributed by atoms with Gasteiger partial charge in [-0.3, -0.25) is 4.79 Å². The number of nitrogens with zero attached hydrogens (tertiary/aromatic N) is 1. The molecule has 1 aliphatic heterocycles. The van der Waals surface area contributed by atoms with Crippen LogP contribution in [-0.2, 0) is 4.79 Å². The number of carbonyl (C=O) groups is 1. The second-order valence-electron chi connectivity index (χ2n) is 3.72. The summed E-state index contributed by atoms with van der Waals surface area (Å²) in [4.78, 5) is 13.9. The van der Waals surface area contributed by atoms with Crippen LogP contribution in [0.15, 0.2) is 60.2 Å². The molecule has 3 heteroatoms. The van der Waals surface area contributed by atoms with E-state index in [1.54, 1.807) is 17.1 Å². The SMILES string of the molecule is C=C/C=C(\C(=C)Cl)C(=O)N1CCC=C(C=C)C1. The molecule has 0 aromatic rings. The lowest BCUT2D eigenvalue weighted by Gasteiger charge is -2.27. The first-order valence-corrected chi connectivity index (χ1v) is 5.76. The van der Waals surface area contributed by atoms with Gasteiger partial charge in [-0.15, -0.1) is 0 Å². The van der Waals surface area contributed by atoms with Crippen LogP contribution in [0.2, 0.25) is 0 Å². The Labute approximate surface area is 107 Å². The molecule has 0 spiro atoms. The van der Waals surface area contributed by atoms with E-state index in [-0.39, 0.29) is 10.9 Å². The number of rotatable bonds is 4. The lowest BCUT2D eigenvalue weighted by Crippen LogP contribution is -2.36. The molecule has 0 aromatic carbocycles. The summed E-state index contributed by atoms with van der Waals surface area (Å²) >= 11 is 5.81.